The molecule has 3 N–H and O–H groups in total. The van der Waals surface area contributed by atoms with Crippen molar-refractivity contribution in [3.05, 3.63) is 47.6 Å². The highest BCUT2D eigenvalue weighted by Gasteiger charge is 2.51. The fourth-order valence-electron chi connectivity index (χ4n) is 4.45. The summed E-state index contributed by atoms with van der Waals surface area (Å²) in [6.07, 6.45) is 2.48. The summed E-state index contributed by atoms with van der Waals surface area (Å²) in [5.74, 6) is 1.00. The summed E-state index contributed by atoms with van der Waals surface area (Å²) in [4.78, 5) is 27.8. The molecular weight excluding hydrogens is 528 g/mol. The summed E-state index contributed by atoms with van der Waals surface area (Å²) in [5.41, 5.74) is 2.05. The number of morpholine rings is 1. The first-order valence-corrected chi connectivity index (χ1v) is 14.9. The Balaban J connectivity index is 1.41. The van der Waals surface area contributed by atoms with Crippen molar-refractivity contribution in [1.82, 2.24) is 20.3 Å². The summed E-state index contributed by atoms with van der Waals surface area (Å²) in [7, 11) is -3.52. The van der Waals surface area contributed by atoms with E-state index in [1.165, 1.54) is 6.20 Å². The molecule has 1 aromatic carbocycles. The third-order valence-corrected chi connectivity index (χ3v) is 10.0. The van der Waals surface area contributed by atoms with Gasteiger partial charge in [0, 0.05) is 54.5 Å². The van der Waals surface area contributed by atoms with Gasteiger partial charge in [-0.3, -0.25) is 0 Å². The number of nitrogens with zero attached hydrogens (tertiary/aromatic N) is 4. The van der Waals surface area contributed by atoms with Crippen molar-refractivity contribution >= 4 is 38.7 Å². The fourth-order valence-corrected chi connectivity index (χ4v) is 7.38. The molecule has 2 aromatic heterocycles. The number of amides is 2. The molecule has 0 bridgehead atoms. The Kier molecular flexibility index (Phi) is 7.88. The van der Waals surface area contributed by atoms with Gasteiger partial charge in [0.1, 0.15) is 5.82 Å². The number of hydrogen-bond donors (Lipinski definition) is 3. The molecule has 2 amide bonds. The molecule has 1 saturated carbocycles. The van der Waals surface area contributed by atoms with E-state index in [-0.39, 0.29) is 28.9 Å². The number of anilines is 2. The van der Waals surface area contributed by atoms with Crippen LogP contribution in [0.25, 0.3) is 11.4 Å². The summed E-state index contributed by atoms with van der Waals surface area (Å²) in [6, 6.07) is 8.84. The molecule has 11 nitrogen and oxygen atoms in total. The summed E-state index contributed by atoms with van der Waals surface area (Å²) >= 11 is 1.13. The molecule has 1 saturated heterocycles. The van der Waals surface area contributed by atoms with E-state index in [1.54, 1.807) is 17.5 Å². The quantitative estimate of drug-likeness (QED) is 0.337. The van der Waals surface area contributed by atoms with Crippen LogP contribution in [0.5, 0.6) is 0 Å². The summed E-state index contributed by atoms with van der Waals surface area (Å²) < 4.78 is 31.9. The number of hydrogen-bond acceptors (Lipinski definition) is 10. The monoisotopic (exact) mass is 558 g/mol. The lowest BCUT2D eigenvalue weighted by molar-refractivity contribution is 0.0985. The van der Waals surface area contributed by atoms with Gasteiger partial charge in [-0.25, -0.2) is 28.2 Å². The van der Waals surface area contributed by atoms with Gasteiger partial charge < -0.3 is 25.4 Å². The number of thiazole rings is 1. The van der Waals surface area contributed by atoms with Gasteiger partial charge in [0.2, 0.25) is 14.2 Å². The van der Waals surface area contributed by atoms with E-state index >= 15 is 0 Å². The van der Waals surface area contributed by atoms with Gasteiger partial charge in [0.05, 0.1) is 30.2 Å². The fraction of sp³-hybridized carbons (Fsp3) is 0.440. The molecule has 38 heavy (non-hydrogen) atoms. The zero-order chi connectivity index (χ0) is 26.7. The van der Waals surface area contributed by atoms with Crippen LogP contribution in [0.4, 0.5) is 16.3 Å². The molecule has 2 aliphatic rings. The van der Waals surface area contributed by atoms with Gasteiger partial charge in [-0.1, -0.05) is 0 Å². The van der Waals surface area contributed by atoms with Crippen molar-refractivity contribution in [2.45, 2.75) is 41.3 Å². The Morgan fingerprint density at radius 3 is 2.79 bits per heavy atom. The Morgan fingerprint density at radius 2 is 2.08 bits per heavy atom. The van der Waals surface area contributed by atoms with Crippen LogP contribution in [-0.4, -0.2) is 78.7 Å². The second-order valence-electron chi connectivity index (χ2n) is 9.35. The van der Waals surface area contributed by atoms with Crippen molar-refractivity contribution in [3.63, 3.8) is 0 Å². The number of ether oxygens (including phenoxy) is 1. The predicted molar refractivity (Wildman–Crippen MR) is 144 cm³/mol. The number of aromatic nitrogens is 3. The topological polar surface area (TPSA) is 147 Å². The first-order valence-electron chi connectivity index (χ1n) is 12.5. The molecular formula is C25H30N6O5S2. The number of urea groups is 1. The van der Waals surface area contributed by atoms with Crippen LogP contribution in [0, 0.1) is 0 Å². The molecule has 2 unspecified atom stereocenters. The van der Waals surface area contributed by atoms with Crippen LogP contribution in [0.1, 0.15) is 31.4 Å². The lowest BCUT2D eigenvalue weighted by Crippen LogP contribution is -2.44. The van der Waals surface area contributed by atoms with Crippen molar-refractivity contribution < 1.29 is 23.1 Å². The molecule has 3 atom stereocenters. The molecule has 0 radical (unpaired) electrons. The van der Waals surface area contributed by atoms with Gasteiger partial charge in [0.15, 0.2) is 5.82 Å². The van der Waals surface area contributed by atoms with Crippen LogP contribution in [0.15, 0.2) is 46.2 Å². The van der Waals surface area contributed by atoms with Crippen LogP contribution < -0.4 is 15.5 Å². The molecule has 1 aliphatic carbocycles. The maximum atomic E-state index is 13.1. The molecule has 202 valence electrons. The van der Waals surface area contributed by atoms with Crippen LogP contribution in [0.2, 0.25) is 0 Å². The number of benzene rings is 1. The minimum absolute atomic E-state index is 0.0116. The van der Waals surface area contributed by atoms with Crippen LogP contribution >= 0.6 is 11.3 Å². The van der Waals surface area contributed by atoms with Crippen molar-refractivity contribution in [1.29, 1.82) is 0 Å². The highest BCUT2D eigenvalue weighted by Crippen LogP contribution is 2.48. The third-order valence-electron chi connectivity index (χ3n) is 6.58. The molecule has 13 heteroatoms. The van der Waals surface area contributed by atoms with E-state index in [0.717, 1.165) is 22.7 Å². The zero-order valence-electron chi connectivity index (χ0n) is 20.9. The smallest absolute Gasteiger partial charge is 0.319 e. The van der Waals surface area contributed by atoms with Gasteiger partial charge in [-0.2, -0.15) is 0 Å². The predicted octanol–water partition coefficient (Wildman–Crippen LogP) is 2.66. The number of aliphatic hydroxyl groups is 1. The highest BCUT2D eigenvalue weighted by molar-refractivity contribution is 7.94. The van der Waals surface area contributed by atoms with E-state index in [9.17, 15) is 13.2 Å². The zero-order valence-corrected chi connectivity index (χ0v) is 22.5. The average molecular weight is 559 g/mol. The van der Waals surface area contributed by atoms with Crippen LogP contribution in [0.3, 0.4) is 0 Å². The molecule has 5 rings (SSSR count). The van der Waals surface area contributed by atoms with Gasteiger partial charge in [-0.15, -0.1) is 11.3 Å². The highest BCUT2D eigenvalue weighted by atomic mass is 32.2. The number of aliphatic hydroxyl groups excluding tert-OH is 1. The Labute approximate surface area is 225 Å². The first-order chi connectivity index (χ1) is 18.4. The molecule has 2 fully saturated rings. The van der Waals surface area contributed by atoms with E-state index in [2.05, 4.69) is 27.4 Å². The first kappa shape index (κ1) is 26.5. The Morgan fingerprint density at radius 1 is 1.26 bits per heavy atom. The van der Waals surface area contributed by atoms with Crippen molar-refractivity contribution in [2.24, 2.45) is 0 Å². The lowest BCUT2D eigenvalue weighted by atomic mass is 10.1. The Bertz CT molecular complexity index is 1370. The molecule has 3 heterocycles. The third kappa shape index (κ3) is 5.80. The number of rotatable bonds is 9. The normalized spacial score (nSPS) is 21.2. The maximum absolute atomic E-state index is 13.1. The van der Waals surface area contributed by atoms with E-state index in [1.807, 2.05) is 18.2 Å². The second-order valence-corrected chi connectivity index (χ2v) is 12.6. The average Bonchev–Trinajstić information content (AvgIpc) is 3.54. The van der Waals surface area contributed by atoms with Crippen molar-refractivity contribution in [2.75, 3.05) is 43.1 Å². The van der Waals surface area contributed by atoms with Gasteiger partial charge >= 0.3 is 6.03 Å². The van der Waals surface area contributed by atoms with E-state index < -0.39 is 15.1 Å². The largest absolute Gasteiger partial charge is 0.396 e. The minimum Gasteiger partial charge on any atom is -0.396 e. The van der Waals surface area contributed by atoms with Gasteiger partial charge in [-0.05, 0) is 44.0 Å². The maximum Gasteiger partial charge on any atom is 0.319 e. The Hall–Kier alpha value is -3.13. The van der Waals surface area contributed by atoms with Crippen molar-refractivity contribution in [3.8, 4) is 11.4 Å². The number of carbonyl (C=O) groups is 1. The standard InChI is InChI=1S/C25H30N6O5S2/c1-16-15-36-11-9-31(16)22-14-20(19-13-21(19)38(34,35)25-27-8-12-37-25)29-23(30-22)17-3-5-18(6-4-17)28-24(33)26-7-2-10-32/h3-6,8,12,14,16,19,21,32H,2,7,9-11,13,15H2,1H3,(H2,26,28,33)/t16-,19?,21?/m0/s1. The van der Waals surface area contributed by atoms with E-state index in [0.29, 0.717) is 56.4 Å². The molecule has 0 spiro atoms. The second kappa shape index (κ2) is 11.3. The van der Waals surface area contributed by atoms with E-state index in [4.69, 9.17) is 19.8 Å². The SMILES string of the molecule is C[C@H]1COCCN1c1cc(C2CC2S(=O)(=O)c2nccs2)nc(-c2ccc(NC(=O)NCCCO)cc2)n1. The molecule has 3 aromatic rings. The van der Waals surface area contributed by atoms with Crippen LogP contribution in [-0.2, 0) is 14.6 Å². The number of carbonyl (C=O) groups excluding carboxylic acids is 1. The summed E-state index contributed by atoms with van der Waals surface area (Å²) in [6.45, 7) is 4.31. The number of sulfone groups is 1. The van der Waals surface area contributed by atoms with Gasteiger partial charge in [0.25, 0.3) is 0 Å². The molecule has 1 aliphatic heterocycles. The summed E-state index contributed by atoms with van der Waals surface area (Å²) in [5, 5.41) is 15.4. The number of nitrogens with one attached hydrogen (secondary N) is 2. The lowest BCUT2D eigenvalue weighted by Gasteiger charge is -2.34. The minimum atomic E-state index is -3.52.